The van der Waals surface area contributed by atoms with Gasteiger partial charge in [-0.3, -0.25) is 9.69 Å². The molecule has 1 saturated heterocycles. The first kappa shape index (κ1) is 25.4. The van der Waals surface area contributed by atoms with Crippen molar-refractivity contribution in [2.45, 2.75) is 31.6 Å². The predicted molar refractivity (Wildman–Crippen MR) is 118 cm³/mol. The second-order valence-corrected chi connectivity index (χ2v) is 7.95. The zero-order valence-electron chi connectivity index (χ0n) is 19.0. The van der Waals surface area contributed by atoms with Gasteiger partial charge in [0.15, 0.2) is 18.1 Å². The van der Waals surface area contributed by atoms with Gasteiger partial charge >= 0.3 is 12.1 Å². The van der Waals surface area contributed by atoms with E-state index in [1.807, 2.05) is 0 Å². The topological polar surface area (TPSA) is 77.1 Å². The Morgan fingerprint density at radius 2 is 1.79 bits per heavy atom. The summed E-state index contributed by atoms with van der Waals surface area (Å²) in [4.78, 5) is 26.0. The minimum absolute atomic E-state index is 0.0495. The molecular weight excluding hydrogens is 453 g/mol. The van der Waals surface area contributed by atoms with Gasteiger partial charge < -0.3 is 19.5 Å². The predicted octanol–water partition coefficient (Wildman–Crippen LogP) is 3.66. The second-order valence-electron chi connectivity index (χ2n) is 7.95. The second kappa shape index (κ2) is 11.2. The van der Waals surface area contributed by atoms with E-state index < -0.39 is 17.7 Å². The average Bonchev–Trinajstić information content (AvgIpc) is 2.83. The van der Waals surface area contributed by atoms with E-state index in [1.54, 1.807) is 18.2 Å². The Hall–Kier alpha value is -3.27. The highest BCUT2D eigenvalue weighted by atomic mass is 19.4. The van der Waals surface area contributed by atoms with Crippen LogP contribution in [-0.2, 0) is 22.3 Å². The molecule has 0 bridgehead atoms. The molecule has 2 aromatic rings. The zero-order chi connectivity index (χ0) is 24.7. The van der Waals surface area contributed by atoms with Crippen molar-refractivity contribution in [1.82, 2.24) is 10.2 Å². The molecule has 1 N–H and O–H groups in total. The normalized spacial score (nSPS) is 15.0. The molecule has 3 rings (SSSR count). The van der Waals surface area contributed by atoms with Crippen molar-refractivity contribution in [2.75, 3.05) is 33.9 Å². The summed E-state index contributed by atoms with van der Waals surface area (Å²) in [5.41, 5.74) is 0.344. The van der Waals surface area contributed by atoms with Gasteiger partial charge in [0, 0.05) is 31.2 Å². The van der Waals surface area contributed by atoms with Crippen molar-refractivity contribution in [3.63, 3.8) is 0 Å². The Balaban J connectivity index is 1.52. The van der Waals surface area contributed by atoms with E-state index in [1.165, 1.54) is 32.4 Å². The van der Waals surface area contributed by atoms with Crippen LogP contribution in [-0.4, -0.2) is 56.7 Å². The maximum Gasteiger partial charge on any atom is 0.416 e. The number of piperidine rings is 1. The van der Waals surface area contributed by atoms with Crippen molar-refractivity contribution in [3.8, 4) is 11.5 Å². The van der Waals surface area contributed by atoms with Crippen LogP contribution in [0.4, 0.5) is 13.2 Å². The summed E-state index contributed by atoms with van der Waals surface area (Å²) in [5, 5.41) is 2.99. The molecule has 0 spiro atoms. The van der Waals surface area contributed by atoms with Crippen LogP contribution in [0.5, 0.6) is 11.5 Å². The monoisotopic (exact) mass is 480 g/mol. The number of alkyl halides is 3. The number of hydrogen-bond acceptors (Lipinski definition) is 6. The molecule has 1 aliphatic heterocycles. The van der Waals surface area contributed by atoms with E-state index in [0.29, 0.717) is 55.1 Å². The number of carbonyl (C=O) groups is 2. The van der Waals surface area contributed by atoms with Gasteiger partial charge in [-0.1, -0.05) is 18.2 Å². The minimum atomic E-state index is -4.36. The summed E-state index contributed by atoms with van der Waals surface area (Å²) in [6.45, 7) is 1.46. The number of carbonyl (C=O) groups excluding carboxylic acids is 2. The SMILES string of the molecule is COC(=O)COc1ccc(C(=O)NC2CCN(Cc3cccc(C(F)(F)F)c3)CC2)cc1OC. The summed E-state index contributed by atoms with van der Waals surface area (Å²) < 4.78 is 53.9. The van der Waals surface area contributed by atoms with E-state index in [4.69, 9.17) is 9.47 Å². The summed E-state index contributed by atoms with van der Waals surface area (Å²) in [5.74, 6) is -0.183. The van der Waals surface area contributed by atoms with Crippen LogP contribution in [0.2, 0.25) is 0 Å². The largest absolute Gasteiger partial charge is 0.493 e. The molecule has 184 valence electrons. The van der Waals surface area contributed by atoms with Crippen molar-refractivity contribution in [1.29, 1.82) is 0 Å². The number of esters is 1. The third-order valence-electron chi connectivity index (χ3n) is 5.58. The fourth-order valence-electron chi connectivity index (χ4n) is 3.73. The summed E-state index contributed by atoms with van der Waals surface area (Å²) >= 11 is 0. The molecule has 0 aromatic heterocycles. The molecule has 2 aromatic carbocycles. The molecule has 0 radical (unpaired) electrons. The van der Waals surface area contributed by atoms with Crippen LogP contribution in [0.25, 0.3) is 0 Å². The Morgan fingerprint density at radius 1 is 1.06 bits per heavy atom. The first-order valence-corrected chi connectivity index (χ1v) is 10.8. The molecule has 0 unspecified atom stereocenters. The van der Waals surface area contributed by atoms with E-state index in [0.717, 1.165) is 6.07 Å². The standard InChI is InChI=1S/C24H27F3N2O5/c1-32-21-13-17(6-7-20(21)34-15-22(30)33-2)23(31)28-19-8-10-29(11-9-19)14-16-4-3-5-18(12-16)24(25,26)27/h3-7,12-13,19H,8-11,14-15H2,1-2H3,(H,28,31). The van der Waals surface area contributed by atoms with Crippen LogP contribution in [0.3, 0.4) is 0 Å². The smallest absolute Gasteiger partial charge is 0.416 e. The van der Waals surface area contributed by atoms with Gasteiger partial charge in [0.1, 0.15) is 0 Å². The third kappa shape index (κ3) is 6.86. The highest BCUT2D eigenvalue weighted by Crippen LogP contribution is 2.30. The van der Waals surface area contributed by atoms with Crippen LogP contribution in [0.1, 0.15) is 34.3 Å². The van der Waals surface area contributed by atoms with Crippen LogP contribution < -0.4 is 14.8 Å². The number of nitrogens with one attached hydrogen (secondary N) is 1. The lowest BCUT2D eigenvalue weighted by Gasteiger charge is -2.32. The highest BCUT2D eigenvalue weighted by Gasteiger charge is 2.30. The lowest BCUT2D eigenvalue weighted by molar-refractivity contribution is -0.143. The Kier molecular flexibility index (Phi) is 8.38. The number of rotatable bonds is 8. The number of likely N-dealkylation sites (tertiary alicyclic amines) is 1. The lowest BCUT2D eigenvalue weighted by Crippen LogP contribution is -2.44. The maximum absolute atomic E-state index is 12.9. The number of methoxy groups -OCH3 is 2. The van der Waals surface area contributed by atoms with Crippen molar-refractivity contribution in [3.05, 3.63) is 59.2 Å². The highest BCUT2D eigenvalue weighted by molar-refractivity contribution is 5.95. The Morgan fingerprint density at radius 3 is 2.44 bits per heavy atom. The fourth-order valence-corrected chi connectivity index (χ4v) is 3.73. The Bertz CT molecular complexity index is 1000. The van der Waals surface area contributed by atoms with Crippen LogP contribution >= 0.6 is 0 Å². The molecule has 1 fully saturated rings. The fraction of sp³-hybridized carbons (Fsp3) is 0.417. The first-order valence-electron chi connectivity index (χ1n) is 10.8. The van der Waals surface area contributed by atoms with Gasteiger partial charge in [-0.15, -0.1) is 0 Å². The quantitative estimate of drug-likeness (QED) is 0.582. The number of halogens is 3. The van der Waals surface area contributed by atoms with E-state index in [-0.39, 0.29) is 18.6 Å². The summed E-state index contributed by atoms with van der Waals surface area (Å²) in [6, 6.07) is 9.97. The van der Waals surface area contributed by atoms with Crippen molar-refractivity contribution in [2.24, 2.45) is 0 Å². The van der Waals surface area contributed by atoms with Gasteiger partial charge in [0.25, 0.3) is 5.91 Å². The number of ether oxygens (including phenoxy) is 3. The van der Waals surface area contributed by atoms with E-state index in [2.05, 4.69) is 15.0 Å². The number of benzene rings is 2. The van der Waals surface area contributed by atoms with Gasteiger partial charge in [-0.25, -0.2) is 4.79 Å². The average molecular weight is 480 g/mol. The van der Waals surface area contributed by atoms with Crippen LogP contribution in [0.15, 0.2) is 42.5 Å². The molecule has 1 amide bonds. The Labute approximate surface area is 195 Å². The zero-order valence-corrected chi connectivity index (χ0v) is 19.0. The number of hydrogen-bond donors (Lipinski definition) is 1. The molecule has 1 heterocycles. The minimum Gasteiger partial charge on any atom is -0.493 e. The molecule has 0 aliphatic carbocycles. The van der Waals surface area contributed by atoms with Crippen LogP contribution in [0, 0.1) is 0 Å². The molecule has 1 aliphatic rings. The maximum atomic E-state index is 12.9. The van der Waals surface area contributed by atoms with Gasteiger partial charge in [-0.2, -0.15) is 13.2 Å². The number of amides is 1. The molecule has 10 heteroatoms. The number of nitrogens with zero attached hydrogens (tertiary/aromatic N) is 1. The third-order valence-corrected chi connectivity index (χ3v) is 5.58. The molecule has 7 nitrogen and oxygen atoms in total. The molecule has 0 atom stereocenters. The lowest BCUT2D eigenvalue weighted by atomic mass is 10.0. The van der Waals surface area contributed by atoms with Gasteiger partial charge in [0.2, 0.25) is 0 Å². The van der Waals surface area contributed by atoms with Crippen molar-refractivity contribution < 1.29 is 37.0 Å². The van der Waals surface area contributed by atoms with Gasteiger partial charge in [-0.05, 0) is 42.7 Å². The van der Waals surface area contributed by atoms with E-state index in [9.17, 15) is 22.8 Å². The molecular formula is C24H27F3N2O5. The van der Waals surface area contributed by atoms with Crippen molar-refractivity contribution >= 4 is 11.9 Å². The van der Waals surface area contributed by atoms with E-state index >= 15 is 0 Å². The van der Waals surface area contributed by atoms with Gasteiger partial charge in [0.05, 0.1) is 19.8 Å². The molecule has 0 saturated carbocycles. The first-order chi connectivity index (χ1) is 16.2. The summed E-state index contributed by atoms with van der Waals surface area (Å²) in [7, 11) is 2.69. The molecule has 34 heavy (non-hydrogen) atoms. The summed E-state index contributed by atoms with van der Waals surface area (Å²) in [6.07, 6.45) is -2.99.